The van der Waals surface area contributed by atoms with Crippen LogP contribution in [-0.4, -0.2) is 6.29 Å². The third-order valence-corrected chi connectivity index (χ3v) is 2.90. The quantitative estimate of drug-likeness (QED) is 0.905. The molecule has 2 aromatic rings. The van der Waals surface area contributed by atoms with Crippen molar-refractivity contribution in [1.82, 2.24) is 0 Å². The molecule has 0 unspecified atom stereocenters. The fraction of sp³-hybridized carbons (Fsp3) is 0.143. The molecule has 1 heterocycles. The first-order valence-corrected chi connectivity index (χ1v) is 5.77. The van der Waals surface area contributed by atoms with Crippen LogP contribution in [0.15, 0.2) is 42.5 Å². The van der Waals surface area contributed by atoms with Crippen LogP contribution in [-0.2, 0) is 6.54 Å². The highest BCUT2D eigenvalue weighted by Crippen LogP contribution is 2.42. The van der Waals surface area contributed by atoms with Gasteiger partial charge in [-0.25, -0.2) is 0 Å². The Morgan fingerprint density at radius 1 is 0.947 bits per heavy atom. The molecule has 0 spiro atoms. The van der Waals surface area contributed by atoms with Crippen molar-refractivity contribution in [3.05, 3.63) is 48.0 Å². The molecule has 0 atom stereocenters. The molecular formula is C14H11F2NO2. The molecule has 0 saturated heterocycles. The van der Waals surface area contributed by atoms with E-state index >= 15 is 0 Å². The monoisotopic (exact) mass is 263 g/mol. The van der Waals surface area contributed by atoms with E-state index < -0.39 is 6.29 Å². The number of rotatable bonds is 2. The van der Waals surface area contributed by atoms with Crippen LogP contribution in [0.2, 0.25) is 0 Å². The zero-order valence-corrected chi connectivity index (χ0v) is 9.90. The number of alkyl halides is 2. The highest BCUT2D eigenvalue weighted by atomic mass is 19.3. The van der Waals surface area contributed by atoms with Gasteiger partial charge >= 0.3 is 6.29 Å². The van der Waals surface area contributed by atoms with Crippen LogP contribution in [0.25, 0.3) is 11.1 Å². The van der Waals surface area contributed by atoms with E-state index in [0.717, 1.165) is 16.7 Å². The van der Waals surface area contributed by atoms with Gasteiger partial charge in [-0.2, -0.15) is 0 Å². The molecule has 0 aromatic heterocycles. The molecule has 2 N–H and O–H groups in total. The molecule has 5 heteroatoms. The van der Waals surface area contributed by atoms with Crippen molar-refractivity contribution in [2.24, 2.45) is 5.73 Å². The summed E-state index contributed by atoms with van der Waals surface area (Å²) in [6.07, 6.45) is -3.58. The Morgan fingerprint density at radius 3 is 2.47 bits per heavy atom. The molecular weight excluding hydrogens is 252 g/mol. The molecule has 98 valence electrons. The molecule has 19 heavy (non-hydrogen) atoms. The summed E-state index contributed by atoms with van der Waals surface area (Å²) in [5, 5.41) is 0. The minimum absolute atomic E-state index is 0.0423. The van der Waals surface area contributed by atoms with Crippen molar-refractivity contribution in [2.45, 2.75) is 12.8 Å². The molecule has 0 fully saturated rings. The van der Waals surface area contributed by atoms with Gasteiger partial charge < -0.3 is 15.2 Å². The Kier molecular flexibility index (Phi) is 2.64. The van der Waals surface area contributed by atoms with E-state index in [0.29, 0.717) is 6.54 Å². The van der Waals surface area contributed by atoms with Crippen molar-refractivity contribution in [2.75, 3.05) is 0 Å². The maximum Gasteiger partial charge on any atom is 0.586 e. The maximum absolute atomic E-state index is 12.9. The molecule has 2 aromatic carbocycles. The summed E-state index contributed by atoms with van der Waals surface area (Å²) in [4.78, 5) is 0. The van der Waals surface area contributed by atoms with Gasteiger partial charge in [0.1, 0.15) is 0 Å². The predicted octanol–water partition coefficient (Wildman–Crippen LogP) is 3.13. The van der Waals surface area contributed by atoms with Gasteiger partial charge in [0.05, 0.1) is 0 Å². The lowest BCUT2D eigenvalue weighted by Gasteiger charge is -2.05. The highest BCUT2D eigenvalue weighted by Gasteiger charge is 2.43. The third-order valence-electron chi connectivity index (χ3n) is 2.90. The van der Waals surface area contributed by atoms with Gasteiger partial charge in [0.2, 0.25) is 0 Å². The smallest absolute Gasteiger partial charge is 0.395 e. The topological polar surface area (TPSA) is 44.5 Å². The van der Waals surface area contributed by atoms with Crippen molar-refractivity contribution < 1.29 is 18.3 Å². The zero-order chi connectivity index (χ0) is 13.5. The third kappa shape index (κ3) is 2.24. The molecule has 3 nitrogen and oxygen atoms in total. The van der Waals surface area contributed by atoms with E-state index in [2.05, 4.69) is 9.47 Å². The zero-order valence-electron chi connectivity index (χ0n) is 9.90. The Balaban J connectivity index is 1.99. The second kappa shape index (κ2) is 4.20. The lowest BCUT2D eigenvalue weighted by atomic mass is 10.0. The maximum atomic E-state index is 12.9. The van der Waals surface area contributed by atoms with Gasteiger partial charge in [0, 0.05) is 6.54 Å². The molecule has 0 radical (unpaired) electrons. The summed E-state index contributed by atoms with van der Waals surface area (Å²) in [7, 11) is 0. The van der Waals surface area contributed by atoms with Gasteiger partial charge in [0.25, 0.3) is 0 Å². The van der Waals surface area contributed by atoms with E-state index in [-0.39, 0.29) is 11.5 Å². The average molecular weight is 263 g/mol. The van der Waals surface area contributed by atoms with Gasteiger partial charge in [-0.1, -0.05) is 24.3 Å². The number of hydrogen-bond acceptors (Lipinski definition) is 3. The van der Waals surface area contributed by atoms with Crippen molar-refractivity contribution in [1.29, 1.82) is 0 Å². The lowest BCUT2D eigenvalue weighted by Crippen LogP contribution is -2.25. The van der Waals surface area contributed by atoms with Crippen LogP contribution in [0.4, 0.5) is 8.78 Å². The van der Waals surface area contributed by atoms with Crippen molar-refractivity contribution in [3.8, 4) is 22.6 Å². The van der Waals surface area contributed by atoms with E-state index in [1.54, 1.807) is 6.07 Å². The molecule has 0 bridgehead atoms. The summed E-state index contributed by atoms with van der Waals surface area (Å²) in [6.45, 7) is 0.427. The Morgan fingerprint density at radius 2 is 1.68 bits per heavy atom. The molecule has 0 amide bonds. The second-order valence-electron chi connectivity index (χ2n) is 4.23. The first kappa shape index (κ1) is 11.9. The molecule has 1 aliphatic heterocycles. The van der Waals surface area contributed by atoms with Gasteiger partial charge in [-0.05, 0) is 34.9 Å². The number of ether oxygens (including phenoxy) is 2. The minimum Gasteiger partial charge on any atom is -0.395 e. The average Bonchev–Trinajstić information content (AvgIpc) is 2.71. The van der Waals surface area contributed by atoms with Crippen molar-refractivity contribution >= 4 is 0 Å². The second-order valence-corrected chi connectivity index (χ2v) is 4.23. The number of halogens is 2. The minimum atomic E-state index is -3.58. The molecule has 0 saturated carbocycles. The Hall–Kier alpha value is -2.14. The largest absolute Gasteiger partial charge is 0.586 e. The lowest BCUT2D eigenvalue weighted by molar-refractivity contribution is -0.286. The molecule has 0 aliphatic carbocycles. The van der Waals surface area contributed by atoms with Crippen LogP contribution in [0, 0.1) is 0 Å². The van der Waals surface area contributed by atoms with E-state index in [9.17, 15) is 8.78 Å². The van der Waals surface area contributed by atoms with E-state index in [4.69, 9.17) is 5.73 Å². The van der Waals surface area contributed by atoms with Gasteiger partial charge in [0.15, 0.2) is 11.5 Å². The Bertz CT molecular complexity index is 629. The number of benzene rings is 2. The summed E-state index contributed by atoms with van der Waals surface area (Å²) < 4.78 is 34.6. The SMILES string of the molecule is NCc1cccc(-c2ccc3c(c2)OC(F)(F)O3)c1. The van der Waals surface area contributed by atoms with E-state index in [1.807, 2.05) is 24.3 Å². The molecule has 3 rings (SSSR count). The number of nitrogens with two attached hydrogens (primary N) is 1. The summed E-state index contributed by atoms with van der Waals surface area (Å²) >= 11 is 0. The predicted molar refractivity (Wildman–Crippen MR) is 66.0 cm³/mol. The molecule has 1 aliphatic rings. The number of hydrogen-bond donors (Lipinski definition) is 1. The van der Waals surface area contributed by atoms with Crippen LogP contribution in [0.5, 0.6) is 11.5 Å². The summed E-state index contributed by atoms with van der Waals surface area (Å²) in [5.74, 6) is 0.0874. The van der Waals surface area contributed by atoms with Gasteiger partial charge in [-0.15, -0.1) is 8.78 Å². The first-order valence-electron chi connectivity index (χ1n) is 5.77. The normalized spacial score (nSPS) is 15.5. The van der Waals surface area contributed by atoms with Crippen LogP contribution in [0.3, 0.4) is 0 Å². The summed E-state index contributed by atoms with van der Waals surface area (Å²) in [5.41, 5.74) is 8.22. The number of fused-ring (bicyclic) bond motifs is 1. The fourth-order valence-electron chi connectivity index (χ4n) is 2.01. The van der Waals surface area contributed by atoms with Crippen LogP contribution < -0.4 is 15.2 Å². The van der Waals surface area contributed by atoms with Crippen LogP contribution >= 0.6 is 0 Å². The first-order chi connectivity index (χ1) is 9.07. The summed E-state index contributed by atoms with van der Waals surface area (Å²) in [6, 6.07) is 12.3. The van der Waals surface area contributed by atoms with Gasteiger partial charge in [-0.3, -0.25) is 0 Å². The van der Waals surface area contributed by atoms with Crippen LogP contribution in [0.1, 0.15) is 5.56 Å². The fourth-order valence-corrected chi connectivity index (χ4v) is 2.01. The standard InChI is InChI=1S/C14H11F2NO2/c15-14(16)18-12-5-4-11(7-13(12)19-14)10-3-1-2-9(6-10)8-17/h1-7H,8,17H2. The highest BCUT2D eigenvalue weighted by molar-refractivity contribution is 5.68. The van der Waals surface area contributed by atoms with E-state index in [1.165, 1.54) is 12.1 Å². The van der Waals surface area contributed by atoms with Crippen molar-refractivity contribution in [3.63, 3.8) is 0 Å². The Labute approximate surface area is 108 Å².